The molecule has 1 amide bonds. The molecule has 134 valence electrons. The molecule has 0 radical (unpaired) electrons. The second-order valence-corrected chi connectivity index (χ2v) is 7.53. The summed E-state index contributed by atoms with van der Waals surface area (Å²) in [5.41, 5.74) is 1.66. The zero-order chi connectivity index (χ0) is 17.8. The summed E-state index contributed by atoms with van der Waals surface area (Å²) in [4.78, 5) is 21.3. The van der Waals surface area contributed by atoms with Crippen molar-refractivity contribution in [2.45, 2.75) is 26.3 Å². The normalized spacial score (nSPS) is 16.0. The van der Waals surface area contributed by atoms with E-state index in [0.717, 1.165) is 48.4 Å². The summed E-state index contributed by atoms with van der Waals surface area (Å²) in [5, 5.41) is 6.48. The van der Waals surface area contributed by atoms with Crippen molar-refractivity contribution in [2.75, 3.05) is 36.0 Å². The van der Waals surface area contributed by atoms with Crippen molar-refractivity contribution in [1.29, 1.82) is 0 Å². The van der Waals surface area contributed by atoms with Crippen LogP contribution in [0.1, 0.15) is 30.8 Å². The van der Waals surface area contributed by atoms with Crippen LogP contribution in [0.25, 0.3) is 0 Å². The van der Waals surface area contributed by atoms with Crippen LogP contribution in [-0.2, 0) is 0 Å². The molecule has 1 aliphatic rings. The van der Waals surface area contributed by atoms with Gasteiger partial charge in [-0.25, -0.2) is 4.98 Å². The highest BCUT2D eigenvalue weighted by Gasteiger charge is 2.21. The molecule has 1 aromatic heterocycles. The van der Waals surface area contributed by atoms with Gasteiger partial charge in [0.15, 0.2) is 5.13 Å². The number of benzene rings is 1. The summed E-state index contributed by atoms with van der Waals surface area (Å²) in [6.07, 6.45) is 0.911. The molecule has 25 heavy (non-hydrogen) atoms. The Hall–Kier alpha value is -1.79. The summed E-state index contributed by atoms with van der Waals surface area (Å²) in [6, 6.07) is 8.12. The molecule has 0 unspecified atom stereocenters. The number of anilines is 2. The van der Waals surface area contributed by atoms with Gasteiger partial charge in [0.2, 0.25) is 0 Å². The molecule has 7 heteroatoms. The van der Waals surface area contributed by atoms with E-state index in [2.05, 4.69) is 33.1 Å². The lowest BCUT2D eigenvalue weighted by Gasteiger charge is -2.36. The van der Waals surface area contributed by atoms with Gasteiger partial charge < -0.3 is 15.1 Å². The van der Waals surface area contributed by atoms with Gasteiger partial charge in [-0.05, 0) is 31.5 Å². The van der Waals surface area contributed by atoms with Crippen molar-refractivity contribution in [1.82, 2.24) is 10.3 Å². The van der Waals surface area contributed by atoms with Crippen LogP contribution in [0.5, 0.6) is 0 Å². The molecule has 0 spiro atoms. The first-order valence-electron chi connectivity index (χ1n) is 8.58. The number of carbonyl (C=O) groups excluding carboxylic acids is 1. The van der Waals surface area contributed by atoms with Crippen molar-refractivity contribution in [3.05, 3.63) is 40.4 Å². The van der Waals surface area contributed by atoms with Gasteiger partial charge in [0.25, 0.3) is 5.91 Å². The number of nitrogens with one attached hydrogen (secondary N) is 1. The van der Waals surface area contributed by atoms with Gasteiger partial charge in [0, 0.05) is 48.3 Å². The molecule has 5 nitrogen and oxygen atoms in total. The monoisotopic (exact) mass is 378 g/mol. The predicted molar refractivity (Wildman–Crippen MR) is 105 cm³/mol. The Morgan fingerprint density at radius 3 is 2.72 bits per heavy atom. The van der Waals surface area contributed by atoms with Gasteiger partial charge in [-0.3, -0.25) is 4.79 Å². The first-order chi connectivity index (χ1) is 12.1. The Bertz CT molecular complexity index is 727. The smallest absolute Gasteiger partial charge is 0.271 e. The molecular weight excluding hydrogens is 356 g/mol. The van der Waals surface area contributed by atoms with E-state index < -0.39 is 0 Å². The molecule has 1 N–H and O–H groups in total. The quantitative estimate of drug-likeness (QED) is 0.862. The molecule has 1 aromatic carbocycles. The standard InChI is InChI=1S/C18H23ClN4OS/c1-3-13(2)20-17(24)16-12-25-18(21-16)23-9-7-22(8-10-23)15-6-4-5-14(19)11-15/h4-6,11-13H,3,7-10H2,1-2H3,(H,20,24)/t13-/m1/s1. The van der Waals surface area contributed by atoms with E-state index in [1.807, 2.05) is 30.5 Å². The highest BCUT2D eigenvalue weighted by molar-refractivity contribution is 7.13. The summed E-state index contributed by atoms with van der Waals surface area (Å²) in [5.74, 6) is -0.0885. The highest BCUT2D eigenvalue weighted by atomic mass is 35.5. The number of amides is 1. The van der Waals surface area contributed by atoms with Gasteiger partial charge in [-0.15, -0.1) is 11.3 Å². The fourth-order valence-corrected chi connectivity index (χ4v) is 3.79. The van der Waals surface area contributed by atoms with Crippen molar-refractivity contribution in [3.8, 4) is 0 Å². The number of halogens is 1. The number of carbonyl (C=O) groups is 1. The van der Waals surface area contributed by atoms with Gasteiger partial charge in [0.1, 0.15) is 5.69 Å². The highest BCUT2D eigenvalue weighted by Crippen LogP contribution is 2.25. The number of hydrogen-bond donors (Lipinski definition) is 1. The zero-order valence-electron chi connectivity index (χ0n) is 14.5. The lowest BCUT2D eigenvalue weighted by Crippen LogP contribution is -2.46. The Balaban J connectivity index is 1.59. The Morgan fingerprint density at radius 2 is 2.04 bits per heavy atom. The van der Waals surface area contributed by atoms with Crippen molar-refractivity contribution in [3.63, 3.8) is 0 Å². The summed E-state index contributed by atoms with van der Waals surface area (Å²) >= 11 is 7.62. The van der Waals surface area contributed by atoms with Crippen molar-refractivity contribution in [2.24, 2.45) is 0 Å². The number of aromatic nitrogens is 1. The molecule has 2 aromatic rings. The van der Waals surface area contributed by atoms with Crippen LogP contribution in [-0.4, -0.2) is 43.1 Å². The molecule has 3 rings (SSSR count). The van der Waals surface area contributed by atoms with Gasteiger partial charge in [-0.1, -0.05) is 24.6 Å². The summed E-state index contributed by atoms with van der Waals surface area (Å²) < 4.78 is 0. The first-order valence-corrected chi connectivity index (χ1v) is 9.84. The van der Waals surface area contributed by atoms with Crippen LogP contribution >= 0.6 is 22.9 Å². The van der Waals surface area contributed by atoms with Gasteiger partial charge >= 0.3 is 0 Å². The third kappa shape index (κ3) is 4.44. The number of nitrogens with zero attached hydrogens (tertiary/aromatic N) is 3. The van der Waals surface area contributed by atoms with E-state index in [-0.39, 0.29) is 11.9 Å². The average Bonchev–Trinajstić information content (AvgIpc) is 3.12. The van der Waals surface area contributed by atoms with Crippen LogP contribution in [0.15, 0.2) is 29.6 Å². The molecule has 1 saturated heterocycles. The van der Waals surface area contributed by atoms with Crippen molar-refractivity contribution >= 4 is 39.7 Å². The third-order valence-electron chi connectivity index (χ3n) is 4.44. The molecule has 0 bridgehead atoms. The Morgan fingerprint density at radius 1 is 1.32 bits per heavy atom. The summed E-state index contributed by atoms with van der Waals surface area (Å²) in [6.45, 7) is 7.64. The fourth-order valence-electron chi connectivity index (χ4n) is 2.74. The minimum absolute atomic E-state index is 0.0885. The molecule has 0 aliphatic carbocycles. The largest absolute Gasteiger partial charge is 0.368 e. The molecule has 0 saturated carbocycles. The van der Waals surface area contributed by atoms with E-state index in [4.69, 9.17) is 11.6 Å². The van der Waals surface area contributed by atoms with E-state index in [0.29, 0.717) is 5.69 Å². The molecule has 2 heterocycles. The summed E-state index contributed by atoms with van der Waals surface area (Å²) in [7, 11) is 0. The lowest BCUT2D eigenvalue weighted by atomic mass is 10.2. The minimum atomic E-state index is -0.0885. The van der Waals surface area contributed by atoms with E-state index >= 15 is 0 Å². The molecule has 1 atom stereocenters. The maximum absolute atomic E-state index is 12.2. The SMILES string of the molecule is CC[C@@H](C)NC(=O)c1csc(N2CCN(c3cccc(Cl)c3)CC2)n1. The minimum Gasteiger partial charge on any atom is -0.368 e. The lowest BCUT2D eigenvalue weighted by molar-refractivity contribution is 0.0935. The maximum atomic E-state index is 12.2. The van der Waals surface area contributed by atoms with Crippen molar-refractivity contribution < 1.29 is 4.79 Å². The predicted octanol–water partition coefficient (Wildman–Crippen LogP) is 3.65. The Kier molecular flexibility index (Phi) is 5.81. The maximum Gasteiger partial charge on any atom is 0.271 e. The van der Waals surface area contributed by atoms with Crippen LogP contribution in [0, 0.1) is 0 Å². The van der Waals surface area contributed by atoms with Crippen LogP contribution in [0.3, 0.4) is 0 Å². The fraction of sp³-hybridized carbons (Fsp3) is 0.444. The number of thiazole rings is 1. The first kappa shape index (κ1) is 18.0. The van der Waals surface area contributed by atoms with E-state index in [1.54, 1.807) is 0 Å². The molecular formula is C18H23ClN4OS. The van der Waals surface area contributed by atoms with Crippen LogP contribution in [0.2, 0.25) is 5.02 Å². The van der Waals surface area contributed by atoms with Crippen LogP contribution in [0.4, 0.5) is 10.8 Å². The van der Waals surface area contributed by atoms with E-state index in [9.17, 15) is 4.79 Å². The second-order valence-electron chi connectivity index (χ2n) is 6.25. The van der Waals surface area contributed by atoms with Gasteiger partial charge in [0.05, 0.1) is 0 Å². The molecule has 1 aliphatic heterocycles. The number of piperazine rings is 1. The van der Waals surface area contributed by atoms with Gasteiger partial charge in [-0.2, -0.15) is 0 Å². The number of rotatable bonds is 5. The number of hydrogen-bond acceptors (Lipinski definition) is 5. The van der Waals surface area contributed by atoms with Crippen LogP contribution < -0.4 is 15.1 Å². The zero-order valence-corrected chi connectivity index (χ0v) is 16.1. The topological polar surface area (TPSA) is 48.5 Å². The second kappa shape index (κ2) is 8.06. The average molecular weight is 379 g/mol. The third-order valence-corrected chi connectivity index (χ3v) is 5.57. The van der Waals surface area contributed by atoms with E-state index in [1.165, 1.54) is 11.3 Å². The Labute approximate surface area is 157 Å². The molecule has 1 fully saturated rings.